The Morgan fingerprint density at radius 3 is 2.48 bits per heavy atom. The number of carboxylic acids is 1. The van der Waals surface area contributed by atoms with Crippen LogP contribution in [0.1, 0.15) is 45.1 Å². The number of aliphatic carboxylic acids is 1. The lowest BCUT2D eigenvalue weighted by atomic mass is 9.77. The number of carbonyl (C=O) groups is 1. The molecule has 1 N–H and O–H groups in total. The number of halogens is 5. The molecule has 152 valence electrons. The van der Waals surface area contributed by atoms with Crippen LogP contribution in [0.2, 0.25) is 0 Å². The molecule has 0 aliphatic carbocycles. The summed E-state index contributed by atoms with van der Waals surface area (Å²) in [5.41, 5.74) is -2.91. The molecular weight excluding hydrogens is 375 g/mol. The molecule has 0 saturated carbocycles. The number of hydrogen-bond donors (Lipinski definition) is 1. The van der Waals surface area contributed by atoms with E-state index in [1.807, 2.05) is 6.92 Å². The smallest absolute Gasteiger partial charge is 0.417 e. The highest BCUT2D eigenvalue weighted by atomic mass is 19.4. The average molecular weight is 396 g/mol. The molecule has 0 aromatic heterocycles. The van der Waals surface area contributed by atoms with Gasteiger partial charge < -0.3 is 14.6 Å². The van der Waals surface area contributed by atoms with Crippen LogP contribution >= 0.6 is 0 Å². The molecule has 1 aliphatic rings. The molecule has 1 aliphatic heterocycles. The molecule has 1 fully saturated rings. The summed E-state index contributed by atoms with van der Waals surface area (Å²) in [6, 6.07) is 1.80. The summed E-state index contributed by atoms with van der Waals surface area (Å²) in [4.78, 5) is 11.6. The molecule has 1 aromatic carbocycles. The fourth-order valence-electron chi connectivity index (χ4n) is 3.29. The Morgan fingerprint density at radius 1 is 1.33 bits per heavy atom. The van der Waals surface area contributed by atoms with Gasteiger partial charge in [-0.15, -0.1) is 0 Å². The molecule has 4 nitrogen and oxygen atoms in total. The van der Waals surface area contributed by atoms with Gasteiger partial charge in [0.1, 0.15) is 0 Å². The van der Waals surface area contributed by atoms with Gasteiger partial charge in [-0.1, -0.05) is 26.3 Å². The van der Waals surface area contributed by atoms with Gasteiger partial charge in [-0.2, -0.15) is 17.6 Å². The van der Waals surface area contributed by atoms with Crippen molar-refractivity contribution in [3.8, 4) is 5.75 Å². The van der Waals surface area contributed by atoms with Crippen LogP contribution in [0, 0.1) is 17.6 Å². The maximum absolute atomic E-state index is 14.3. The highest BCUT2D eigenvalue weighted by Gasteiger charge is 2.66. The monoisotopic (exact) mass is 396 g/mol. The minimum Gasteiger partial charge on any atom is -0.490 e. The molecule has 0 unspecified atom stereocenters. The van der Waals surface area contributed by atoms with Gasteiger partial charge in [0.2, 0.25) is 5.82 Å². The van der Waals surface area contributed by atoms with Crippen molar-refractivity contribution in [2.24, 2.45) is 5.92 Å². The molecule has 0 radical (unpaired) electrons. The third-order valence-electron chi connectivity index (χ3n) is 5.10. The van der Waals surface area contributed by atoms with Gasteiger partial charge in [0.05, 0.1) is 6.61 Å². The van der Waals surface area contributed by atoms with E-state index in [0.717, 1.165) is 19.1 Å². The van der Waals surface area contributed by atoms with E-state index >= 15 is 0 Å². The molecule has 9 heteroatoms. The molecule has 1 heterocycles. The van der Waals surface area contributed by atoms with Crippen molar-refractivity contribution < 1.29 is 41.3 Å². The lowest BCUT2D eigenvalue weighted by Gasteiger charge is -2.32. The maximum atomic E-state index is 14.3. The van der Waals surface area contributed by atoms with Gasteiger partial charge in [-0.05, 0) is 19.4 Å². The van der Waals surface area contributed by atoms with Crippen molar-refractivity contribution >= 4 is 5.97 Å². The van der Waals surface area contributed by atoms with E-state index in [-0.39, 0.29) is 12.2 Å². The van der Waals surface area contributed by atoms with E-state index in [2.05, 4.69) is 0 Å². The Bertz CT molecular complexity index is 706. The molecule has 1 aromatic rings. The third-order valence-corrected chi connectivity index (χ3v) is 5.10. The van der Waals surface area contributed by atoms with E-state index < -0.39 is 53.1 Å². The van der Waals surface area contributed by atoms with Crippen LogP contribution in [0.15, 0.2) is 12.1 Å². The number of rotatable bonds is 6. The zero-order valence-electron chi connectivity index (χ0n) is 15.1. The average Bonchev–Trinajstić information content (AvgIpc) is 2.85. The van der Waals surface area contributed by atoms with Gasteiger partial charge in [0, 0.05) is 17.4 Å². The van der Waals surface area contributed by atoms with Gasteiger partial charge >= 0.3 is 12.1 Å². The first-order valence-corrected chi connectivity index (χ1v) is 8.53. The lowest BCUT2D eigenvalue weighted by molar-refractivity contribution is -0.273. The number of carboxylic acid groups (broad SMARTS) is 1. The molecule has 0 spiro atoms. The Balaban J connectivity index is 2.57. The molecular formula is C18H21F5O4. The van der Waals surface area contributed by atoms with Crippen LogP contribution in [0.4, 0.5) is 22.0 Å². The first kappa shape index (κ1) is 21.4. The summed E-state index contributed by atoms with van der Waals surface area (Å²) in [5.74, 6) is -7.54. The Morgan fingerprint density at radius 2 is 1.96 bits per heavy atom. The van der Waals surface area contributed by atoms with Crippen molar-refractivity contribution in [3.05, 3.63) is 29.3 Å². The summed E-state index contributed by atoms with van der Waals surface area (Å²) in [7, 11) is 0. The summed E-state index contributed by atoms with van der Waals surface area (Å²) in [5, 5.41) is 9.39. The Kier molecular flexibility index (Phi) is 6.03. The summed E-state index contributed by atoms with van der Waals surface area (Å²) in [6.07, 6.45) is -5.53. The van der Waals surface area contributed by atoms with Gasteiger partial charge in [0.15, 0.2) is 23.3 Å². The van der Waals surface area contributed by atoms with E-state index in [9.17, 15) is 31.9 Å². The van der Waals surface area contributed by atoms with E-state index in [1.165, 1.54) is 6.92 Å². The standard InChI is InChI=1S/C18H21F5O4/c1-4-5-8-26-14-10(6-7-11(19)13(14)20)12-9(2)17(3,18(21,22)23)27-15(12)16(24)25/h6-7,9,12,15H,4-5,8H2,1-3H3,(H,24,25)/t9-,12-,15+,17+/m0/s1. The second kappa shape index (κ2) is 7.61. The molecule has 2 rings (SSSR count). The number of hydrogen-bond acceptors (Lipinski definition) is 3. The predicted molar refractivity (Wildman–Crippen MR) is 85.6 cm³/mol. The first-order chi connectivity index (χ1) is 12.5. The molecule has 1 saturated heterocycles. The van der Waals surface area contributed by atoms with Crippen molar-refractivity contribution in [1.82, 2.24) is 0 Å². The number of ether oxygens (including phenoxy) is 2. The molecule has 27 heavy (non-hydrogen) atoms. The largest absolute Gasteiger partial charge is 0.490 e. The first-order valence-electron chi connectivity index (χ1n) is 8.53. The zero-order valence-corrected chi connectivity index (χ0v) is 15.1. The van der Waals surface area contributed by atoms with E-state index in [1.54, 1.807) is 0 Å². The van der Waals surface area contributed by atoms with Crippen molar-refractivity contribution in [2.75, 3.05) is 6.61 Å². The van der Waals surface area contributed by atoms with Crippen LogP contribution < -0.4 is 4.74 Å². The highest BCUT2D eigenvalue weighted by molar-refractivity contribution is 5.75. The topological polar surface area (TPSA) is 55.8 Å². The summed E-state index contributed by atoms with van der Waals surface area (Å²) < 4.78 is 78.8. The Labute approximate surface area is 153 Å². The van der Waals surface area contributed by atoms with Gasteiger partial charge in [-0.3, -0.25) is 0 Å². The maximum Gasteiger partial charge on any atom is 0.417 e. The zero-order chi connectivity index (χ0) is 20.6. The van der Waals surface area contributed by atoms with Crippen LogP contribution in [-0.2, 0) is 9.53 Å². The lowest BCUT2D eigenvalue weighted by Crippen LogP contribution is -2.47. The third kappa shape index (κ3) is 3.74. The second-order valence-corrected chi connectivity index (χ2v) is 6.78. The van der Waals surface area contributed by atoms with Crippen molar-refractivity contribution in [1.29, 1.82) is 0 Å². The van der Waals surface area contributed by atoms with Crippen molar-refractivity contribution in [2.45, 2.75) is 57.4 Å². The number of unbranched alkanes of at least 4 members (excludes halogenated alkanes) is 1. The van der Waals surface area contributed by atoms with Gasteiger partial charge in [-0.25, -0.2) is 9.18 Å². The van der Waals surface area contributed by atoms with Crippen molar-refractivity contribution in [3.63, 3.8) is 0 Å². The highest BCUT2D eigenvalue weighted by Crippen LogP contribution is 2.54. The number of benzene rings is 1. The fraction of sp³-hybridized carbons (Fsp3) is 0.611. The summed E-state index contributed by atoms with van der Waals surface area (Å²) in [6.45, 7) is 3.79. The quantitative estimate of drug-likeness (QED) is 0.561. The fourth-order valence-corrected chi connectivity index (χ4v) is 3.29. The SMILES string of the molecule is CCCCOc1c([C@H]2[C@H](C(=O)O)O[C@@](C)(C(F)(F)F)[C@H]2C)ccc(F)c1F. The van der Waals surface area contributed by atoms with Crippen LogP contribution in [0.25, 0.3) is 0 Å². The van der Waals surface area contributed by atoms with E-state index in [0.29, 0.717) is 12.8 Å². The van der Waals surface area contributed by atoms with Crippen LogP contribution in [0.5, 0.6) is 5.75 Å². The number of alkyl halides is 3. The minimum absolute atomic E-state index is 0.0140. The molecule has 0 bridgehead atoms. The molecule has 4 atom stereocenters. The van der Waals surface area contributed by atoms with Gasteiger partial charge in [0.25, 0.3) is 0 Å². The molecule has 0 amide bonds. The minimum atomic E-state index is -4.85. The Hall–Kier alpha value is -1.90. The van der Waals surface area contributed by atoms with Crippen LogP contribution in [0.3, 0.4) is 0 Å². The van der Waals surface area contributed by atoms with Crippen LogP contribution in [-0.4, -0.2) is 35.6 Å². The normalized spacial score (nSPS) is 28.4. The summed E-state index contributed by atoms with van der Waals surface area (Å²) >= 11 is 0. The second-order valence-electron chi connectivity index (χ2n) is 6.78. The van der Waals surface area contributed by atoms with E-state index in [4.69, 9.17) is 9.47 Å². The predicted octanol–water partition coefficient (Wildman–Crippen LogP) is 4.67.